The lowest BCUT2D eigenvalue weighted by molar-refractivity contribution is -0.235. The first-order valence-electron chi connectivity index (χ1n) is 4.87. The van der Waals surface area contributed by atoms with E-state index in [-0.39, 0.29) is 18.4 Å². The molecule has 4 N–H and O–H groups in total. The van der Waals surface area contributed by atoms with Gasteiger partial charge in [-0.2, -0.15) is 0 Å². The zero-order chi connectivity index (χ0) is 11.6. The Balaban J connectivity index is 2.70. The van der Waals surface area contributed by atoms with Gasteiger partial charge in [-0.1, -0.05) is 6.92 Å². The third kappa shape index (κ3) is 2.66. The van der Waals surface area contributed by atoms with E-state index in [1.54, 1.807) is 6.92 Å². The van der Waals surface area contributed by atoms with E-state index < -0.39 is 24.5 Å². The standard InChI is InChI=1S/C9H17NO5/c1-4-6(3-11)15-9(14)7(8(4)13)10-5(2)12/h4,6-9,11,13-14H,3H2,1-2H3,(H,10,12)/t4-,6?,7?,8?,9-/m1/s1. The van der Waals surface area contributed by atoms with Gasteiger partial charge in [0.15, 0.2) is 6.29 Å². The SMILES string of the molecule is CC(=O)NC1C(O)[C@H](C)C(CO)O[C@H]1O. The van der Waals surface area contributed by atoms with Crippen molar-refractivity contribution >= 4 is 5.91 Å². The van der Waals surface area contributed by atoms with Crippen molar-refractivity contribution < 1.29 is 24.9 Å². The minimum Gasteiger partial charge on any atom is -0.394 e. The Kier molecular flexibility index (Phi) is 4.04. The van der Waals surface area contributed by atoms with Gasteiger partial charge in [0.05, 0.1) is 18.8 Å². The van der Waals surface area contributed by atoms with Crippen LogP contribution in [0.15, 0.2) is 0 Å². The van der Waals surface area contributed by atoms with Crippen LogP contribution in [0.4, 0.5) is 0 Å². The number of rotatable bonds is 2. The molecule has 0 saturated carbocycles. The summed E-state index contributed by atoms with van der Waals surface area (Å²) in [6.07, 6.45) is -2.84. The monoisotopic (exact) mass is 219 g/mol. The lowest BCUT2D eigenvalue weighted by Crippen LogP contribution is -2.60. The molecule has 1 fully saturated rings. The fourth-order valence-electron chi connectivity index (χ4n) is 1.70. The van der Waals surface area contributed by atoms with Crippen LogP contribution in [0.2, 0.25) is 0 Å². The predicted octanol–water partition coefficient (Wildman–Crippen LogP) is -1.80. The third-order valence-corrected chi connectivity index (χ3v) is 2.66. The van der Waals surface area contributed by atoms with Crippen molar-refractivity contribution in [3.8, 4) is 0 Å². The molecule has 1 aliphatic rings. The number of aliphatic hydroxyl groups excluding tert-OH is 3. The molecule has 3 unspecified atom stereocenters. The first-order chi connectivity index (χ1) is 6.97. The van der Waals surface area contributed by atoms with Gasteiger partial charge in [0.25, 0.3) is 0 Å². The van der Waals surface area contributed by atoms with E-state index in [9.17, 15) is 15.0 Å². The molecule has 0 bridgehead atoms. The highest BCUT2D eigenvalue weighted by Crippen LogP contribution is 2.24. The first-order valence-corrected chi connectivity index (χ1v) is 4.87. The van der Waals surface area contributed by atoms with Crippen LogP contribution >= 0.6 is 0 Å². The summed E-state index contributed by atoms with van der Waals surface area (Å²) in [7, 11) is 0. The Morgan fingerprint density at radius 1 is 1.47 bits per heavy atom. The molecule has 5 atom stereocenters. The summed E-state index contributed by atoms with van der Waals surface area (Å²) in [6, 6.07) is -0.847. The second-order valence-corrected chi connectivity index (χ2v) is 3.82. The highest BCUT2D eigenvalue weighted by molar-refractivity contribution is 5.73. The molecule has 88 valence electrons. The van der Waals surface area contributed by atoms with E-state index in [0.29, 0.717) is 0 Å². The van der Waals surface area contributed by atoms with Gasteiger partial charge in [0.1, 0.15) is 6.04 Å². The normalized spacial score (nSPS) is 41.3. The Labute approximate surface area is 87.9 Å². The minimum absolute atomic E-state index is 0.276. The largest absolute Gasteiger partial charge is 0.394 e. The van der Waals surface area contributed by atoms with Crippen molar-refractivity contribution in [1.29, 1.82) is 0 Å². The van der Waals surface area contributed by atoms with Crippen LogP contribution in [0.3, 0.4) is 0 Å². The highest BCUT2D eigenvalue weighted by atomic mass is 16.6. The molecule has 15 heavy (non-hydrogen) atoms. The van der Waals surface area contributed by atoms with Crippen LogP contribution in [0.5, 0.6) is 0 Å². The second kappa shape index (κ2) is 4.89. The highest BCUT2D eigenvalue weighted by Gasteiger charge is 2.42. The second-order valence-electron chi connectivity index (χ2n) is 3.82. The first kappa shape index (κ1) is 12.4. The Hall–Kier alpha value is -0.690. The summed E-state index contributed by atoms with van der Waals surface area (Å²) in [5.74, 6) is -0.702. The maximum absolute atomic E-state index is 10.8. The summed E-state index contributed by atoms with van der Waals surface area (Å²) in [5, 5.41) is 30.6. The number of carbonyl (C=O) groups excluding carboxylic acids is 1. The number of hydrogen-bond donors (Lipinski definition) is 4. The maximum atomic E-state index is 10.8. The predicted molar refractivity (Wildman–Crippen MR) is 50.7 cm³/mol. The minimum atomic E-state index is -1.29. The summed E-state index contributed by atoms with van der Waals surface area (Å²) >= 11 is 0. The van der Waals surface area contributed by atoms with Crippen LogP contribution in [0, 0.1) is 5.92 Å². The smallest absolute Gasteiger partial charge is 0.217 e. The van der Waals surface area contributed by atoms with E-state index in [1.165, 1.54) is 6.92 Å². The molecule has 1 amide bonds. The summed E-state index contributed by atoms with van der Waals surface area (Å²) in [4.78, 5) is 10.8. The molecule has 1 saturated heterocycles. The number of carbonyl (C=O) groups is 1. The number of ether oxygens (including phenoxy) is 1. The van der Waals surface area contributed by atoms with Crippen molar-refractivity contribution in [2.24, 2.45) is 5.92 Å². The molecule has 0 aromatic rings. The molecule has 1 heterocycles. The molecule has 0 aromatic heterocycles. The quantitative estimate of drug-likeness (QED) is 0.439. The summed E-state index contributed by atoms with van der Waals surface area (Å²) < 4.78 is 5.06. The van der Waals surface area contributed by atoms with Gasteiger partial charge in [0.2, 0.25) is 5.91 Å². The van der Waals surface area contributed by atoms with Crippen molar-refractivity contribution in [2.45, 2.75) is 38.4 Å². The van der Waals surface area contributed by atoms with E-state index >= 15 is 0 Å². The summed E-state index contributed by atoms with van der Waals surface area (Å²) in [6.45, 7) is 2.70. The number of hydrogen-bond acceptors (Lipinski definition) is 5. The van der Waals surface area contributed by atoms with Crippen molar-refractivity contribution in [2.75, 3.05) is 6.61 Å². The Morgan fingerprint density at radius 3 is 2.53 bits per heavy atom. The molecular formula is C9H17NO5. The van der Waals surface area contributed by atoms with Crippen molar-refractivity contribution in [3.63, 3.8) is 0 Å². The van der Waals surface area contributed by atoms with Gasteiger partial charge >= 0.3 is 0 Å². The van der Waals surface area contributed by atoms with Crippen LogP contribution in [0.25, 0.3) is 0 Å². The average Bonchev–Trinajstić information content (AvgIpc) is 2.18. The van der Waals surface area contributed by atoms with E-state index in [2.05, 4.69) is 5.32 Å². The number of amides is 1. The molecular weight excluding hydrogens is 202 g/mol. The van der Waals surface area contributed by atoms with Crippen LogP contribution in [0.1, 0.15) is 13.8 Å². The van der Waals surface area contributed by atoms with Gasteiger partial charge in [-0.25, -0.2) is 0 Å². The third-order valence-electron chi connectivity index (χ3n) is 2.66. The van der Waals surface area contributed by atoms with Crippen molar-refractivity contribution in [3.05, 3.63) is 0 Å². The number of aliphatic hydroxyl groups is 3. The van der Waals surface area contributed by atoms with Gasteiger partial charge in [0, 0.05) is 12.8 Å². The molecule has 1 aliphatic heterocycles. The molecule has 1 rings (SSSR count). The lowest BCUT2D eigenvalue weighted by atomic mass is 9.89. The van der Waals surface area contributed by atoms with E-state index in [4.69, 9.17) is 9.84 Å². The van der Waals surface area contributed by atoms with Gasteiger partial charge in [-0.05, 0) is 0 Å². The van der Waals surface area contributed by atoms with Gasteiger partial charge in [-0.3, -0.25) is 4.79 Å². The van der Waals surface area contributed by atoms with E-state index in [1.807, 2.05) is 0 Å². The zero-order valence-corrected chi connectivity index (χ0v) is 8.75. The molecule has 0 aliphatic carbocycles. The van der Waals surface area contributed by atoms with Crippen LogP contribution < -0.4 is 5.32 Å². The van der Waals surface area contributed by atoms with Gasteiger partial charge < -0.3 is 25.4 Å². The fraction of sp³-hybridized carbons (Fsp3) is 0.889. The Bertz CT molecular complexity index is 235. The maximum Gasteiger partial charge on any atom is 0.217 e. The Morgan fingerprint density at radius 2 is 2.07 bits per heavy atom. The van der Waals surface area contributed by atoms with E-state index in [0.717, 1.165) is 0 Å². The van der Waals surface area contributed by atoms with Crippen LogP contribution in [-0.4, -0.2) is 52.4 Å². The number of nitrogens with one attached hydrogen (secondary N) is 1. The van der Waals surface area contributed by atoms with Crippen LogP contribution in [-0.2, 0) is 9.53 Å². The molecule has 6 nitrogen and oxygen atoms in total. The molecule has 0 spiro atoms. The summed E-state index contributed by atoms with van der Waals surface area (Å²) in [5.41, 5.74) is 0. The van der Waals surface area contributed by atoms with Crippen molar-refractivity contribution in [1.82, 2.24) is 5.32 Å². The lowest BCUT2D eigenvalue weighted by Gasteiger charge is -2.41. The fourth-order valence-corrected chi connectivity index (χ4v) is 1.70. The molecule has 0 aromatic carbocycles. The molecule has 6 heteroatoms. The van der Waals surface area contributed by atoms with Gasteiger partial charge in [-0.15, -0.1) is 0 Å². The molecule has 0 radical (unpaired) electrons. The average molecular weight is 219 g/mol. The topological polar surface area (TPSA) is 99.0 Å². The zero-order valence-electron chi connectivity index (χ0n) is 8.75.